The van der Waals surface area contributed by atoms with Crippen molar-refractivity contribution in [3.8, 4) is 0 Å². The van der Waals surface area contributed by atoms with Crippen molar-refractivity contribution >= 4 is 23.7 Å². The third-order valence-electron chi connectivity index (χ3n) is 9.75. The van der Waals surface area contributed by atoms with Gasteiger partial charge in [0.1, 0.15) is 17.7 Å². The average molecular weight is 624 g/mol. The number of likely N-dealkylation sites (tertiary alicyclic amines) is 1. The maximum absolute atomic E-state index is 14.4. The van der Waals surface area contributed by atoms with Crippen LogP contribution in [0.5, 0.6) is 0 Å². The van der Waals surface area contributed by atoms with Crippen LogP contribution in [0.4, 0.5) is 0 Å². The van der Waals surface area contributed by atoms with Crippen LogP contribution in [0.25, 0.3) is 0 Å². The second-order valence-corrected chi connectivity index (χ2v) is 13.6. The van der Waals surface area contributed by atoms with E-state index >= 15 is 0 Å². The molecule has 1 spiro atoms. The van der Waals surface area contributed by atoms with Gasteiger partial charge in [-0.25, -0.2) is 0 Å². The number of aliphatic hydroxyl groups excluding tert-OH is 1. The molecular formula is C35H49N3O7. The SMILES string of the molecule is C=CCCC(=O)N(C)[C@H](C)[C@H](OC(=O)[C@@H]1[C@H]2C(=O)N([C@H](C)CO)[C@H](C(=O)N(CC=C)C(C)(C)C)[C@]23CC[C@H]1O3)c1ccccc1. The minimum Gasteiger partial charge on any atom is -0.455 e. The Labute approximate surface area is 267 Å². The van der Waals surface area contributed by atoms with Crippen LogP contribution in [0.1, 0.15) is 72.0 Å². The number of amides is 3. The summed E-state index contributed by atoms with van der Waals surface area (Å²) < 4.78 is 12.8. The Bertz CT molecular complexity index is 1290. The van der Waals surface area contributed by atoms with Crippen LogP contribution in [0.15, 0.2) is 55.6 Å². The summed E-state index contributed by atoms with van der Waals surface area (Å²) in [5, 5.41) is 10.2. The minimum absolute atomic E-state index is 0.106. The highest BCUT2D eigenvalue weighted by molar-refractivity contribution is 5.98. The molecule has 3 aliphatic heterocycles. The molecule has 10 heteroatoms. The van der Waals surface area contributed by atoms with Gasteiger partial charge in [-0.2, -0.15) is 0 Å². The smallest absolute Gasteiger partial charge is 0.313 e. The third-order valence-corrected chi connectivity index (χ3v) is 9.75. The molecule has 4 rings (SSSR count). The van der Waals surface area contributed by atoms with Crippen LogP contribution >= 0.6 is 0 Å². The molecule has 1 aromatic rings. The van der Waals surface area contributed by atoms with Gasteiger partial charge in [0.25, 0.3) is 0 Å². The number of hydrogen-bond donors (Lipinski definition) is 1. The number of rotatable bonds is 13. The van der Waals surface area contributed by atoms with Gasteiger partial charge in [0.2, 0.25) is 17.7 Å². The lowest BCUT2D eigenvalue weighted by Crippen LogP contribution is -2.61. The second kappa shape index (κ2) is 13.5. The van der Waals surface area contributed by atoms with Crippen LogP contribution in [-0.2, 0) is 28.7 Å². The van der Waals surface area contributed by atoms with Gasteiger partial charge in [-0.1, -0.05) is 42.5 Å². The lowest BCUT2D eigenvalue weighted by Gasteiger charge is -2.43. The van der Waals surface area contributed by atoms with E-state index < -0.39 is 65.2 Å². The van der Waals surface area contributed by atoms with Gasteiger partial charge >= 0.3 is 5.97 Å². The molecule has 45 heavy (non-hydrogen) atoms. The average Bonchev–Trinajstić information content (AvgIpc) is 3.66. The molecule has 10 nitrogen and oxygen atoms in total. The molecule has 3 heterocycles. The zero-order valence-electron chi connectivity index (χ0n) is 27.5. The molecule has 0 radical (unpaired) electrons. The van der Waals surface area contributed by atoms with Gasteiger partial charge in [0.15, 0.2) is 0 Å². The van der Waals surface area contributed by atoms with Gasteiger partial charge in [0, 0.05) is 25.6 Å². The molecule has 246 valence electrons. The standard InChI is InChI=1S/C35H49N3O7/c1-9-11-17-26(40)36(8)23(4)29(24-15-13-12-14-16-24)44-33(43)27-25-18-19-35(45-25)28(27)31(41)38(22(3)21-39)30(35)32(42)37(20-10-2)34(5,6)7/h9-10,12-16,22-23,25,27-30,39H,1-2,11,17-21H2,3-8H3/t22-,23-,25-,27+,28+,29+,30-,35+/m1/s1. The summed E-state index contributed by atoms with van der Waals surface area (Å²) in [5.74, 6) is -3.30. The number of esters is 1. The van der Waals surface area contributed by atoms with Crippen molar-refractivity contribution in [2.45, 2.75) is 102 Å². The van der Waals surface area contributed by atoms with Crippen molar-refractivity contribution in [2.24, 2.45) is 11.8 Å². The molecule has 1 aromatic carbocycles. The number of hydrogen-bond acceptors (Lipinski definition) is 7. The topological polar surface area (TPSA) is 117 Å². The number of allylic oxidation sites excluding steroid dienone is 1. The van der Waals surface area contributed by atoms with Crippen molar-refractivity contribution in [3.05, 3.63) is 61.2 Å². The quantitative estimate of drug-likeness (QED) is 0.263. The Morgan fingerprint density at radius 1 is 1.18 bits per heavy atom. The summed E-state index contributed by atoms with van der Waals surface area (Å²) in [6, 6.07) is 7.02. The van der Waals surface area contributed by atoms with E-state index in [0.717, 1.165) is 0 Å². The molecule has 8 atom stereocenters. The second-order valence-electron chi connectivity index (χ2n) is 13.6. The number of aliphatic hydroxyl groups is 1. The number of likely N-dealkylation sites (N-methyl/N-ethyl adjacent to an activating group) is 1. The van der Waals surface area contributed by atoms with E-state index in [0.29, 0.717) is 24.8 Å². The molecule has 0 unspecified atom stereocenters. The Kier molecular flexibility index (Phi) is 10.3. The predicted octanol–water partition coefficient (Wildman–Crippen LogP) is 3.65. The van der Waals surface area contributed by atoms with E-state index in [1.165, 1.54) is 4.90 Å². The normalized spacial score (nSPS) is 27.4. The van der Waals surface area contributed by atoms with Crippen LogP contribution < -0.4 is 0 Å². The van der Waals surface area contributed by atoms with Crippen molar-refractivity contribution < 1.29 is 33.8 Å². The van der Waals surface area contributed by atoms with E-state index in [9.17, 15) is 24.3 Å². The largest absolute Gasteiger partial charge is 0.455 e. The number of carbonyl (C=O) groups is 4. The monoisotopic (exact) mass is 623 g/mol. The molecule has 0 saturated carbocycles. The fourth-order valence-electron chi connectivity index (χ4n) is 7.30. The molecule has 3 amide bonds. The highest BCUT2D eigenvalue weighted by Crippen LogP contribution is 2.59. The van der Waals surface area contributed by atoms with Crippen LogP contribution in [-0.4, -0.2) is 99.1 Å². The minimum atomic E-state index is -1.23. The Balaban J connectivity index is 1.70. The molecule has 3 aliphatic rings. The predicted molar refractivity (Wildman–Crippen MR) is 170 cm³/mol. The number of nitrogens with zero attached hydrogens (tertiary/aromatic N) is 3. The first-order valence-electron chi connectivity index (χ1n) is 15.9. The van der Waals surface area contributed by atoms with Crippen molar-refractivity contribution in [1.29, 1.82) is 0 Å². The molecule has 2 bridgehead atoms. The van der Waals surface area contributed by atoms with E-state index in [-0.39, 0.29) is 31.4 Å². The lowest BCUT2D eigenvalue weighted by molar-refractivity contribution is -0.165. The van der Waals surface area contributed by atoms with Crippen molar-refractivity contribution in [3.63, 3.8) is 0 Å². The van der Waals surface area contributed by atoms with Gasteiger partial charge < -0.3 is 29.3 Å². The van der Waals surface area contributed by atoms with E-state index in [1.54, 1.807) is 35.9 Å². The number of ether oxygens (including phenoxy) is 2. The zero-order chi connectivity index (χ0) is 33.3. The Hall–Kier alpha value is -3.50. The summed E-state index contributed by atoms with van der Waals surface area (Å²) in [6.07, 6.45) is 3.64. The molecule has 1 N–H and O–H groups in total. The Morgan fingerprint density at radius 3 is 2.42 bits per heavy atom. The van der Waals surface area contributed by atoms with Gasteiger partial charge in [0.05, 0.1) is 36.6 Å². The number of fused-ring (bicyclic) bond motifs is 1. The van der Waals surface area contributed by atoms with Crippen LogP contribution in [0.3, 0.4) is 0 Å². The highest BCUT2D eigenvalue weighted by atomic mass is 16.6. The van der Waals surface area contributed by atoms with E-state index in [4.69, 9.17) is 9.47 Å². The maximum Gasteiger partial charge on any atom is 0.313 e. The lowest BCUT2D eigenvalue weighted by atomic mass is 9.70. The summed E-state index contributed by atoms with van der Waals surface area (Å²) in [4.78, 5) is 60.5. The van der Waals surface area contributed by atoms with Crippen LogP contribution in [0, 0.1) is 11.8 Å². The molecular weight excluding hydrogens is 574 g/mol. The summed E-state index contributed by atoms with van der Waals surface area (Å²) in [5.41, 5.74) is -1.10. The first-order valence-corrected chi connectivity index (χ1v) is 15.9. The Morgan fingerprint density at radius 2 is 1.84 bits per heavy atom. The van der Waals surface area contributed by atoms with Crippen LogP contribution in [0.2, 0.25) is 0 Å². The third kappa shape index (κ3) is 6.19. The summed E-state index contributed by atoms with van der Waals surface area (Å²) >= 11 is 0. The van der Waals surface area contributed by atoms with Gasteiger partial charge in [-0.05, 0) is 59.4 Å². The molecule has 0 aliphatic carbocycles. The molecule has 3 saturated heterocycles. The first kappa shape index (κ1) is 34.4. The van der Waals surface area contributed by atoms with Crippen molar-refractivity contribution in [1.82, 2.24) is 14.7 Å². The molecule has 3 fully saturated rings. The summed E-state index contributed by atoms with van der Waals surface area (Å²) in [7, 11) is 1.69. The van der Waals surface area contributed by atoms with E-state index in [1.807, 2.05) is 58.0 Å². The van der Waals surface area contributed by atoms with Gasteiger partial charge in [-0.15, -0.1) is 13.2 Å². The first-order chi connectivity index (χ1) is 21.2. The molecule has 0 aromatic heterocycles. The van der Waals surface area contributed by atoms with E-state index in [2.05, 4.69) is 13.2 Å². The fourth-order valence-corrected chi connectivity index (χ4v) is 7.30. The van der Waals surface area contributed by atoms with Crippen molar-refractivity contribution in [2.75, 3.05) is 20.2 Å². The maximum atomic E-state index is 14.4. The van der Waals surface area contributed by atoms with Gasteiger partial charge in [-0.3, -0.25) is 19.2 Å². The zero-order valence-corrected chi connectivity index (χ0v) is 27.5. The summed E-state index contributed by atoms with van der Waals surface area (Å²) in [6.45, 7) is 16.7. The fraction of sp³-hybridized carbons (Fsp3) is 0.600. The number of carbonyl (C=O) groups excluding carboxylic acids is 4. The highest BCUT2D eigenvalue weighted by Gasteiger charge is 2.75. The number of benzene rings is 1.